The molecule has 3 nitrogen and oxygen atoms in total. The van der Waals surface area contributed by atoms with E-state index < -0.39 is 0 Å². The van der Waals surface area contributed by atoms with Gasteiger partial charge in [0.1, 0.15) is 0 Å². The molecule has 8 rings (SSSR count). The van der Waals surface area contributed by atoms with Crippen molar-refractivity contribution in [3.63, 3.8) is 0 Å². The van der Waals surface area contributed by atoms with Crippen LogP contribution in [0.1, 0.15) is 0 Å². The van der Waals surface area contributed by atoms with Gasteiger partial charge >= 0.3 is 0 Å². The van der Waals surface area contributed by atoms with Gasteiger partial charge in [-0.3, -0.25) is 4.98 Å². The summed E-state index contributed by atoms with van der Waals surface area (Å²) >= 11 is 0. The van der Waals surface area contributed by atoms with Crippen molar-refractivity contribution in [1.29, 1.82) is 0 Å². The number of hydrogen-bond acceptors (Lipinski definition) is 2. The number of hydrogen-bond donors (Lipinski definition) is 0. The number of aromatic nitrogens is 3. The van der Waals surface area contributed by atoms with Crippen LogP contribution >= 0.6 is 0 Å². The first kappa shape index (κ1) is 20.2. The van der Waals surface area contributed by atoms with Crippen LogP contribution in [-0.4, -0.2) is 14.5 Å². The van der Waals surface area contributed by atoms with Crippen LogP contribution in [0, 0.1) is 0 Å². The molecule has 0 unspecified atom stereocenters. The fourth-order valence-corrected chi connectivity index (χ4v) is 5.63. The highest BCUT2D eigenvalue weighted by Gasteiger charge is 2.14. The number of fused-ring (bicyclic) bond motifs is 7. The van der Waals surface area contributed by atoms with E-state index >= 15 is 0 Å². The maximum atomic E-state index is 4.97. The van der Waals surface area contributed by atoms with Gasteiger partial charge < -0.3 is 4.57 Å². The van der Waals surface area contributed by atoms with Gasteiger partial charge in [0, 0.05) is 44.4 Å². The largest absolute Gasteiger partial charge is 0.309 e. The van der Waals surface area contributed by atoms with Gasteiger partial charge in [-0.2, -0.15) is 0 Å². The Balaban J connectivity index is 1.42. The molecule has 0 aliphatic rings. The molecule has 0 fully saturated rings. The molecule has 0 aliphatic carbocycles. The zero-order valence-electron chi connectivity index (χ0n) is 20.0. The Bertz CT molecular complexity index is 2150. The van der Waals surface area contributed by atoms with Crippen LogP contribution in [-0.2, 0) is 0 Å². The second-order valence-electron chi connectivity index (χ2n) is 9.52. The highest BCUT2D eigenvalue weighted by Crippen LogP contribution is 2.36. The first-order valence-corrected chi connectivity index (χ1v) is 12.5. The lowest BCUT2D eigenvalue weighted by atomic mass is 10.0. The van der Waals surface area contributed by atoms with E-state index in [9.17, 15) is 0 Å². The number of rotatable bonds is 2. The fraction of sp³-hybridized carbons (Fsp3) is 0. The van der Waals surface area contributed by atoms with Crippen LogP contribution in [0.4, 0.5) is 0 Å². The predicted octanol–water partition coefficient (Wildman–Crippen LogP) is 8.70. The lowest BCUT2D eigenvalue weighted by Crippen LogP contribution is -1.95. The van der Waals surface area contributed by atoms with Gasteiger partial charge in [0.25, 0.3) is 0 Å². The van der Waals surface area contributed by atoms with Crippen molar-refractivity contribution in [1.82, 2.24) is 14.5 Å². The summed E-state index contributed by atoms with van der Waals surface area (Å²) in [7, 11) is 0. The minimum Gasteiger partial charge on any atom is -0.309 e. The van der Waals surface area contributed by atoms with E-state index in [1.165, 1.54) is 27.2 Å². The van der Waals surface area contributed by atoms with E-state index in [4.69, 9.17) is 9.97 Å². The topological polar surface area (TPSA) is 30.7 Å². The highest BCUT2D eigenvalue weighted by atomic mass is 15.0. The summed E-state index contributed by atoms with van der Waals surface area (Å²) in [5.74, 6) is 0. The SMILES string of the molecule is c1ccc2nc(-c3ccc4c5ccccc5n(-c5ccc6ccc7cccnc7c6c5)c4c3)ccc2c1. The van der Waals surface area contributed by atoms with Crippen molar-refractivity contribution >= 4 is 54.4 Å². The van der Waals surface area contributed by atoms with Crippen molar-refractivity contribution in [3.8, 4) is 16.9 Å². The van der Waals surface area contributed by atoms with Gasteiger partial charge in [-0.25, -0.2) is 4.98 Å². The Labute approximate surface area is 213 Å². The summed E-state index contributed by atoms with van der Waals surface area (Å²) in [4.78, 5) is 9.68. The molecule has 0 saturated heterocycles. The third kappa shape index (κ3) is 3.08. The average molecular weight is 472 g/mol. The zero-order chi connectivity index (χ0) is 24.3. The molecule has 0 saturated carbocycles. The first-order valence-electron chi connectivity index (χ1n) is 12.5. The quantitative estimate of drug-likeness (QED) is 0.236. The van der Waals surface area contributed by atoms with Crippen molar-refractivity contribution in [2.75, 3.05) is 0 Å². The van der Waals surface area contributed by atoms with Gasteiger partial charge in [0.05, 0.1) is 27.8 Å². The molecule has 0 radical (unpaired) electrons. The standard InChI is InChI=1S/C34H21N3/c1-3-9-30-23(6-1)15-18-31(36-30)25-14-17-28-27-8-2-4-10-32(27)37(33(28)20-25)26-16-13-22-11-12-24-7-5-19-35-34(24)29(22)21-26/h1-21H. The van der Waals surface area contributed by atoms with Gasteiger partial charge in [-0.1, -0.05) is 78.9 Å². The van der Waals surface area contributed by atoms with E-state index in [-0.39, 0.29) is 0 Å². The Morgan fingerprint density at radius 1 is 0.514 bits per heavy atom. The molecule has 3 aromatic heterocycles. The number of benzene rings is 5. The van der Waals surface area contributed by atoms with Gasteiger partial charge in [0.15, 0.2) is 0 Å². The zero-order valence-corrected chi connectivity index (χ0v) is 20.0. The fourth-order valence-electron chi connectivity index (χ4n) is 5.63. The molecule has 0 amide bonds. The summed E-state index contributed by atoms with van der Waals surface area (Å²) in [6.07, 6.45) is 1.87. The van der Waals surface area contributed by atoms with Crippen LogP contribution in [0.2, 0.25) is 0 Å². The minimum atomic E-state index is 0.978. The maximum absolute atomic E-state index is 4.97. The van der Waals surface area contributed by atoms with Gasteiger partial charge in [0.2, 0.25) is 0 Å². The van der Waals surface area contributed by atoms with E-state index in [1.54, 1.807) is 0 Å². The van der Waals surface area contributed by atoms with Crippen molar-refractivity contribution in [3.05, 3.63) is 128 Å². The third-order valence-electron chi connectivity index (χ3n) is 7.40. The van der Waals surface area contributed by atoms with Crippen LogP contribution in [0.3, 0.4) is 0 Å². The molecule has 0 aliphatic heterocycles. The molecule has 5 aromatic carbocycles. The highest BCUT2D eigenvalue weighted by molar-refractivity contribution is 6.11. The summed E-state index contributed by atoms with van der Waals surface area (Å²) < 4.78 is 2.37. The lowest BCUT2D eigenvalue weighted by molar-refractivity contribution is 1.19. The monoisotopic (exact) mass is 471 g/mol. The molecule has 0 spiro atoms. The molecular weight excluding hydrogens is 450 g/mol. The normalized spacial score (nSPS) is 11.8. The van der Waals surface area contributed by atoms with Gasteiger partial charge in [-0.05, 0) is 47.9 Å². The summed E-state index contributed by atoms with van der Waals surface area (Å²) in [5.41, 5.74) is 7.61. The van der Waals surface area contributed by atoms with E-state index in [0.717, 1.165) is 44.1 Å². The Morgan fingerprint density at radius 3 is 2.30 bits per heavy atom. The Morgan fingerprint density at radius 2 is 1.30 bits per heavy atom. The van der Waals surface area contributed by atoms with E-state index in [1.807, 2.05) is 18.3 Å². The molecule has 0 atom stereocenters. The lowest BCUT2D eigenvalue weighted by Gasteiger charge is -2.11. The minimum absolute atomic E-state index is 0.978. The molecular formula is C34H21N3. The van der Waals surface area contributed by atoms with Crippen LogP contribution in [0.15, 0.2) is 128 Å². The summed E-state index contributed by atoms with van der Waals surface area (Å²) in [6.45, 7) is 0. The summed E-state index contributed by atoms with van der Waals surface area (Å²) in [6, 6.07) is 43.0. The van der Waals surface area contributed by atoms with Crippen molar-refractivity contribution in [2.45, 2.75) is 0 Å². The Kier molecular flexibility index (Phi) is 4.23. The smallest absolute Gasteiger partial charge is 0.0781 e. The molecule has 0 bridgehead atoms. The third-order valence-corrected chi connectivity index (χ3v) is 7.40. The van der Waals surface area contributed by atoms with Crippen molar-refractivity contribution in [2.24, 2.45) is 0 Å². The van der Waals surface area contributed by atoms with E-state index in [2.05, 4.69) is 114 Å². The van der Waals surface area contributed by atoms with Gasteiger partial charge in [-0.15, -0.1) is 0 Å². The molecule has 172 valence electrons. The molecule has 3 heteroatoms. The predicted molar refractivity (Wildman–Crippen MR) is 154 cm³/mol. The summed E-state index contributed by atoms with van der Waals surface area (Å²) in [5, 5.41) is 7.13. The van der Waals surface area contributed by atoms with E-state index in [0.29, 0.717) is 0 Å². The first-order chi connectivity index (χ1) is 18.3. The second kappa shape index (κ2) is 7.74. The average Bonchev–Trinajstić information content (AvgIpc) is 3.30. The van der Waals surface area contributed by atoms with Crippen LogP contribution in [0.25, 0.3) is 71.3 Å². The maximum Gasteiger partial charge on any atom is 0.0781 e. The molecule has 3 heterocycles. The molecule has 37 heavy (non-hydrogen) atoms. The van der Waals surface area contributed by atoms with Crippen LogP contribution < -0.4 is 0 Å². The second-order valence-corrected chi connectivity index (χ2v) is 9.52. The number of pyridine rings is 2. The molecule has 0 N–H and O–H groups in total. The molecule has 8 aromatic rings. The number of nitrogens with zero attached hydrogens (tertiary/aromatic N) is 3. The Hall–Kier alpha value is -5.02. The number of para-hydroxylation sites is 2. The van der Waals surface area contributed by atoms with Crippen LogP contribution in [0.5, 0.6) is 0 Å². The van der Waals surface area contributed by atoms with Crippen molar-refractivity contribution < 1.29 is 0 Å².